The van der Waals surface area contributed by atoms with Crippen molar-refractivity contribution in [2.24, 2.45) is 0 Å². The summed E-state index contributed by atoms with van der Waals surface area (Å²) in [7, 11) is 0. The number of pyridine rings is 1. The number of anilines is 2. The molecular weight excluding hydrogens is 218 g/mol. The van der Waals surface area contributed by atoms with Gasteiger partial charge in [-0.05, 0) is 13.0 Å². The van der Waals surface area contributed by atoms with E-state index in [-0.39, 0.29) is 5.91 Å². The highest BCUT2D eigenvalue weighted by molar-refractivity contribution is 6.07. The number of nitrogens with one attached hydrogen (secondary N) is 3. The maximum absolute atomic E-state index is 12.0. The highest BCUT2D eigenvalue weighted by Gasteiger charge is 2.11. The molecule has 6 heteroatoms. The standard InChI is InChI=1S/C11H13N5O/c1-2-13-10-3-4-12-7-9(10)11(17)16-8-5-14-15-6-8/h3-7H,2H2,1H3,(H,12,13)(H,14,15)(H,16,17). The van der Waals surface area contributed by atoms with Gasteiger partial charge in [0.1, 0.15) is 0 Å². The van der Waals surface area contributed by atoms with Crippen LogP contribution in [0.2, 0.25) is 0 Å². The van der Waals surface area contributed by atoms with Gasteiger partial charge < -0.3 is 10.6 Å². The lowest BCUT2D eigenvalue weighted by Gasteiger charge is -2.09. The normalized spacial score (nSPS) is 9.94. The topological polar surface area (TPSA) is 82.7 Å². The fourth-order valence-electron chi connectivity index (χ4n) is 1.44. The molecule has 2 heterocycles. The third kappa shape index (κ3) is 2.60. The molecule has 0 saturated carbocycles. The van der Waals surface area contributed by atoms with Crippen molar-refractivity contribution in [2.75, 3.05) is 17.2 Å². The van der Waals surface area contributed by atoms with Crippen LogP contribution in [0.1, 0.15) is 17.3 Å². The number of amides is 1. The Labute approximate surface area is 98.5 Å². The number of aromatic amines is 1. The summed E-state index contributed by atoms with van der Waals surface area (Å²) in [4.78, 5) is 15.9. The minimum Gasteiger partial charge on any atom is -0.385 e. The summed E-state index contributed by atoms with van der Waals surface area (Å²) >= 11 is 0. The lowest BCUT2D eigenvalue weighted by Crippen LogP contribution is -2.14. The molecule has 17 heavy (non-hydrogen) atoms. The van der Waals surface area contributed by atoms with Crippen LogP contribution in [0.5, 0.6) is 0 Å². The van der Waals surface area contributed by atoms with Crippen LogP contribution in [-0.2, 0) is 0 Å². The van der Waals surface area contributed by atoms with Crippen molar-refractivity contribution in [3.63, 3.8) is 0 Å². The maximum Gasteiger partial charge on any atom is 0.259 e. The third-order valence-corrected chi connectivity index (χ3v) is 2.19. The smallest absolute Gasteiger partial charge is 0.259 e. The SMILES string of the molecule is CCNc1ccncc1C(=O)Nc1cn[nH]c1. The van der Waals surface area contributed by atoms with Crippen molar-refractivity contribution in [1.29, 1.82) is 0 Å². The van der Waals surface area contributed by atoms with Crippen LogP contribution in [0.25, 0.3) is 0 Å². The number of hydrogen-bond acceptors (Lipinski definition) is 4. The molecule has 0 unspecified atom stereocenters. The van der Waals surface area contributed by atoms with Gasteiger partial charge in [0.2, 0.25) is 0 Å². The van der Waals surface area contributed by atoms with Crippen molar-refractivity contribution in [3.05, 3.63) is 36.4 Å². The number of nitrogens with zero attached hydrogens (tertiary/aromatic N) is 2. The molecule has 2 aromatic rings. The number of H-pyrrole nitrogens is 1. The number of aromatic nitrogens is 3. The molecule has 0 aliphatic rings. The molecule has 0 radical (unpaired) electrons. The molecule has 0 aliphatic carbocycles. The summed E-state index contributed by atoms with van der Waals surface area (Å²) in [6, 6.07) is 1.77. The molecule has 0 spiro atoms. The van der Waals surface area contributed by atoms with Gasteiger partial charge in [-0.25, -0.2) is 0 Å². The average molecular weight is 231 g/mol. The van der Waals surface area contributed by atoms with Crippen LogP contribution in [0.15, 0.2) is 30.9 Å². The Morgan fingerprint density at radius 1 is 1.47 bits per heavy atom. The Balaban J connectivity index is 2.18. The van der Waals surface area contributed by atoms with Gasteiger partial charge in [-0.2, -0.15) is 5.10 Å². The molecule has 0 atom stereocenters. The van der Waals surface area contributed by atoms with Gasteiger partial charge in [0, 0.05) is 25.1 Å². The van der Waals surface area contributed by atoms with E-state index in [1.165, 1.54) is 6.20 Å². The minimum absolute atomic E-state index is 0.213. The first-order valence-corrected chi connectivity index (χ1v) is 5.29. The highest BCUT2D eigenvalue weighted by atomic mass is 16.1. The van der Waals surface area contributed by atoms with Gasteiger partial charge in [-0.15, -0.1) is 0 Å². The number of hydrogen-bond donors (Lipinski definition) is 3. The van der Waals surface area contributed by atoms with Crippen LogP contribution < -0.4 is 10.6 Å². The van der Waals surface area contributed by atoms with E-state index >= 15 is 0 Å². The van der Waals surface area contributed by atoms with Crippen molar-refractivity contribution in [1.82, 2.24) is 15.2 Å². The molecule has 1 amide bonds. The number of carbonyl (C=O) groups is 1. The second kappa shape index (κ2) is 5.11. The van der Waals surface area contributed by atoms with E-state index in [0.29, 0.717) is 11.3 Å². The molecule has 0 aromatic carbocycles. The van der Waals surface area contributed by atoms with E-state index in [1.54, 1.807) is 24.7 Å². The quantitative estimate of drug-likeness (QED) is 0.744. The van der Waals surface area contributed by atoms with Crippen LogP contribution in [0.4, 0.5) is 11.4 Å². The predicted octanol–water partition coefficient (Wildman–Crippen LogP) is 1.49. The highest BCUT2D eigenvalue weighted by Crippen LogP contribution is 2.15. The summed E-state index contributed by atoms with van der Waals surface area (Å²) in [6.45, 7) is 2.72. The molecule has 0 saturated heterocycles. The number of carbonyl (C=O) groups excluding carboxylic acids is 1. The van der Waals surface area contributed by atoms with Gasteiger partial charge in [0.05, 0.1) is 23.1 Å². The molecule has 6 nitrogen and oxygen atoms in total. The summed E-state index contributed by atoms with van der Waals surface area (Å²) in [5.74, 6) is -0.213. The van der Waals surface area contributed by atoms with Crippen molar-refractivity contribution in [3.8, 4) is 0 Å². The summed E-state index contributed by atoms with van der Waals surface area (Å²) in [5.41, 5.74) is 1.90. The Hall–Kier alpha value is -2.37. The van der Waals surface area contributed by atoms with Crippen LogP contribution in [0.3, 0.4) is 0 Å². The zero-order chi connectivity index (χ0) is 12.1. The van der Waals surface area contributed by atoms with Crippen molar-refractivity contribution >= 4 is 17.3 Å². The molecule has 0 fully saturated rings. The Morgan fingerprint density at radius 3 is 3.06 bits per heavy atom. The largest absolute Gasteiger partial charge is 0.385 e. The maximum atomic E-state index is 12.0. The summed E-state index contributed by atoms with van der Waals surface area (Å²) in [6.07, 6.45) is 6.34. The molecule has 0 aliphatic heterocycles. The summed E-state index contributed by atoms with van der Waals surface area (Å²) < 4.78 is 0. The van der Waals surface area contributed by atoms with Crippen LogP contribution in [-0.4, -0.2) is 27.6 Å². The fraction of sp³-hybridized carbons (Fsp3) is 0.182. The lowest BCUT2D eigenvalue weighted by molar-refractivity contribution is 0.102. The first-order valence-electron chi connectivity index (χ1n) is 5.29. The zero-order valence-electron chi connectivity index (χ0n) is 9.40. The molecule has 3 N–H and O–H groups in total. The Bertz CT molecular complexity index is 494. The van der Waals surface area contributed by atoms with Gasteiger partial charge in [0.15, 0.2) is 0 Å². The average Bonchev–Trinajstić information content (AvgIpc) is 2.83. The number of rotatable bonds is 4. The van der Waals surface area contributed by atoms with Gasteiger partial charge in [-0.3, -0.25) is 14.9 Å². The van der Waals surface area contributed by atoms with Crippen LogP contribution in [0, 0.1) is 0 Å². The van der Waals surface area contributed by atoms with E-state index in [0.717, 1.165) is 12.2 Å². The molecular formula is C11H13N5O. The lowest BCUT2D eigenvalue weighted by atomic mass is 10.2. The molecule has 2 aromatic heterocycles. The third-order valence-electron chi connectivity index (χ3n) is 2.19. The molecule has 2 rings (SSSR count). The van der Waals surface area contributed by atoms with Gasteiger partial charge >= 0.3 is 0 Å². The van der Waals surface area contributed by atoms with Crippen molar-refractivity contribution < 1.29 is 4.79 Å². The van der Waals surface area contributed by atoms with Crippen molar-refractivity contribution in [2.45, 2.75) is 6.92 Å². The fourth-order valence-corrected chi connectivity index (χ4v) is 1.44. The van der Waals surface area contributed by atoms with Gasteiger partial charge in [-0.1, -0.05) is 0 Å². The van der Waals surface area contributed by atoms with E-state index in [9.17, 15) is 4.79 Å². The van der Waals surface area contributed by atoms with E-state index in [2.05, 4.69) is 25.8 Å². The second-order valence-corrected chi connectivity index (χ2v) is 3.39. The monoisotopic (exact) mass is 231 g/mol. The van der Waals surface area contributed by atoms with Gasteiger partial charge in [0.25, 0.3) is 5.91 Å². The minimum atomic E-state index is -0.213. The zero-order valence-corrected chi connectivity index (χ0v) is 9.40. The first kappa shape index (κ1) is 11.1. The Morgan fingerprint density at radius 2 is 2.35 bits per heavy atom. The van der Waals surface area contributed by atoms with E-state index in [4.69, 9.17) is 0 Å². The summed E-state index contributed by atoms with van der Waals surface area (Å²) in [5, 5.41) is 12.2. The molecule has 88 valence electrons. The first-order chi connectivity index (χ1) is 8.31. The molecule has 0 bridgehead atoms. The van der Waals surface area contributed by atoms with E-state index < -0.39 is 0 Å². The Kier molecular flexibility index (Phi) is 3.34. The predicted molar refractivity (Wildman–Crippen MR) is 64.9 cm³/mol. The second-order valence-electron chi connectivity index (χ2n) is 3.39. The van der Waals surface area contributed by atoms with E-state index in [1.807, 2.05) is 6.92 Å². The van der Waals surface area contributed by atoms with Crippen LogP contribution >= 0.6 is 0 Å².